The van der Waals surface area contributed by atoms with Crippen LogP contribution in [0.15, 0.2) is 23.7 Å². The average Bonchev–Trinajstić information content (AvgIpc) is 2.80. The van der Waals surface area contributed by atoms with Crippen molar-refractivity contribution in [3.63, 3.8) is 0 Å². The van der Waals surface area contributed by atoms with Crippen LogP contribution in [0.1, 0.15) is 32.4 Å². The monoisotopic (exact) mass is 308 g/mol. The molecule has 0 aliphatic carbocycles. The Hall–Kier alpha value is -2.15. The molecule has 7 heteroatoms. The zero-order valence-electron chi connectivity index (χ0n) is 11.9. The lowest BCUT2D eigenvalue weighted by molar-refractivity contribution is -0.139. The molecule has 112 valence electrons. The zero-order chi connectivity index (χ0) is 15.6. The normalized spacial score (nSPS) is 12.9. The van der Waals surface area contributed by atoms with Gasteiger partial charge in [-0.25, -0.2) is 14.6 Å². The minimum atomic E-state index is -1.16. The number of benzene rings is 1. The highest BCUT2D eigenvalue weighted by Gasteiger charge is 2.25. The van der Waals surface area contributed by atoms with E-state index in [-0.39, 0.29) is 0 Å². The number of aliphatic carboxylic acids is 1. The fourth-order valence-corrected chi connectivity index (χ4v) is 2.49. The Morgan fingerprint density at radius 2 is 2.10 bits per heavy atom. The van der Waals surface area contributed by atoms with Crippen LogP contribution < -0.4 is 5.32 Å². The molecule has 1 aromatic carbocycles. The second kappa shape index (κ2) is 5.69. The van der Waals surface area contributed by atoms with Gasteiger partial charge in [0.1, 0.15) is 5.60 Å². The summed E-state index contributed by atoms with van der Waals surface area (Å²) < 4.78 is 5.95. The number of carboxylic acid groups (broad SMARTS) is 1. The van der Waals surface area contributed by atoms with Crippen LogP contribution >= 0.6 is 11.3 Å². The molecular weight excluding hydrogens is 292 g/mol. The second-order valence-electron chi connectivity index (χ2n) is 5.50. The molecule has 2 rings (SSSR count). The quantitative estimate of drug-likeness (QED) is 0.910. The minimum Gasteiger partial charge on any atom is -0.479 e. The standard InChI is InChI=1S/C14H16N2O4S/c1-14(2,3)20-13(19)16-11(12(17)18)8-4-5-9-10(6-8)21-7-15-9/h4-7,11H,1-3H3,(H,16,19)(H,17,18). The maximum atomic E-state index is 11.8. The summed E-state index contributed by atoms with van der Waals surface area (Å²) in [6, 6.07) is 3.92. The summed E-state index contributed by atoms with van der Waals surface area (Å²) in [5, 5.41) is 11.7. The highest BCUT2D eigenvalue weighted by atomic mass is 32.1. The van der Waals surface area contributed by atoms with Gasteiger partial charge in [0, 0.05) is 0 Å². The molecule has 1 unspecified atom stereocenters. The molecule has 0 saturated carbocycles. The number of carboxylic acids is 1. The van der Waals surface area contributed by atoms with E-state index >= 15 is 0 Å². The van der Waals surface area contributed by atoms with Gasteiger partial charge in [-0.05, 0) is 38.5 Å². The molecule has 2 N–H and O–H groups in total. The van der Waals surface area contributed by atoms with Gasteiger partial charge >= 0.3 is 12.1 Å². The van der Waals surface area contributed by atoms with Crippen molar-refractivity contribution in [2.75, 3.05) is 0 Å². The van der Waals surface area contributed by atoms with Crippen LogP contribution in [0.3, 0.4) is 0 Å². The minimum absolute atomic E-state index is 0.477. The number of hydrogen-bond donors (Lipinski definition) is 2. The van der Waals surface area contributed by atoms with Crippen LogP contribution in [0, 0.1) is 0 Å². The maximum Gasteiger partial charge on any atom is 0.408 e. The number of rotatable bonds is 3. The lowest BCUT2D eigenvalue weighted by Crippen LogP contribution is -2.38. The molecule has 1 atom stereocenters. The number of alkyl carbamates (subject to hydrolysis) is 1. The van der Waals surface area contributed by atoms with Crippen molar-refractivity contribution in [3.05, 3.63) is 29.3 Å². The predicted molar refractivity (Wildman–Crippen MR) is 79.4 cm³/mol. The SMILES string of the molecule is CC(C)(C)OC(=O)NC(C(=O)O)c1ccc2ncsc2c1. The molecule has 0 aliphatic heterocycles. The van der Waals surface area contributed by atoms with Gasteiger partial charge in [-0.15, -0.1) is 11.3 Å². The third-order valence-corrected chi connectivity index (χ3v) is 3.39. The zero-order valence-corrected chi connectivity index (χ0v) is 12.7. The van der Waals surface area contributed by atoms with Gasteiger partial charge < -0.3 is 15.2 Å². The number of thiazole rings is 1. The number of carbonyl (C=O) groups is 2. The fraction of sp³-hybridized carbons (Fsp3) is 0.357. The molecule has 1 amide bonds. The molecule has 21 heavy (non-hydrogen) atoms. The Morgan fingerprint density at radius 1 is 1.38 bits per heavy atom. The first-order valence-electron chi connectivity index (χ1n) is 6.32. The number of aromatic nitrogens is 1. The van der Waals surface area contributed by atoms with E-state index in [1.54, 1.807) is 44.5 Å². The first kappa shape index (κ1) is 15.2. The molecule has 0 aliphatic rings. The number of ether oxygens (including phenoxy) is 1. The summed E-state index contributed by atoms with van der Waals surface area (Å²) in [5.74, 6) is -1.15. The second-order valence-corrected chi connectivity index (χ2v) is 6.38. The van der Waals surface area contributed by atoms with Crippen molar-refractivity contribution in [2.45, 2.75) is 32.4 Å². The molecule has 0 bridgehead atoms. The topological polar surface area (TPSA) is 88.5 Å². The summed E-state index contributed by atoms with van der Waals surface area (Å²) in [5.41, 5.74) is 2.27. The molecule has 0 saturated heterocycles. The van der Waals surface area contributed by atoms with E-state index in [4.69, 9.17) is 4.74 Å². The third kappa shape index (κ3) is 3.91. The summed E-state index contributed by atoms with van der Waals surface area (Å²) in [4.78, 5) is 27.3. The van der Waals surface area contributed by atoms with Crippen LogP contribution in [0.4, 0.5) is 4.79 Å². The van der Waals surface area contributed by atoms with Crippen molar-refractivity contribution in [1.29, 1.82) is 0 Å². The van der Waals surface area contributed by atoms with E-state index in [9.17, 15) is 14.7 Å². The van der Waals surface area contributed by atoms with E-state index in [1.807, 2.05) is 0 Å². The largest absolute Gasteiger partial charge is 0.479 e. The Bertz CT molecular complexity index is 675. The molecular formula is C14H16N2O4S. The van der Waals surface area contributed by atoms with Gasteiger partial charge in [0.2, 0.25) is 0 Å². The van der Waals surface area contributed by atoms with Crippen LogP contribution in [0.2, 0.25) is 0 Å². The lowest BCUT2D eigenvalue weighted by Gasteiger charge is -2.22. The van der Waals surface area contributed by atoms with E-state index in [1.165, 1.54) is 11.3 Å². The highest BCUT2D eigenvalue weighted by Crippen LogP contribution is 2.23. The van der Waals surface area contributed by atoms with Crippen molar-refractivity contribution < 1.29 is 19.4 Å². The van der Waals surface area contributed by atoms with Crippen LogP contribution in [-0.4, -0.2) is 27.8 Å². The first-order chi connectivity index (χ1) is 9.76. The molecule has 1 heterocycles. The van der Waals surface area contributed by atoms with Gasteiger partial charge in [-0.1, -0.05) is 6.07 Å². The summed E-state index contributed by atoms with van der Waals surface area (Å²) in [6.07, 6.45) is -0.765. The van der Waals surface area contributed by atoms with Gasteiger partial charge in [0.05, 0.1) is 15.7 Å². The summed E-state index contributed by atoms with van der Waals surface area (Å²) in [7, 11) is 0. The maximum absolute atomic E-state index is 11.8. The Morgan fingerprint density at radius 3 is 2.71 bits per heavy atom. The van der Waals surface area contributed by atoms with E-state index < -0.39 is 23.7 Å². The van der Waals surface area contributed by atoms with E-state index in [2.05, 4.69) is 10.3 Å². The molecule has 0 radical (unpaired) electrons. The fourth-order valence-electron chi connectivity index (χ4n) is 1.76. The van der Waals surface area contributed by atoms with Crippen LogP contribution in [0.5, 0.6) is 0 Å². The van der Waals surface area contributed by atoms with Gasteiger partial charge in [0.15, 0.2) is 6.04 Å². The van der Waals surface area contributed by atoms with Gasteiger partial charge in [0.25, 0.3) is 0 Å². The molecule has 0 spiro atoms. The number of nitrogens with zero attached hydrogens (tertiary/aromatic N) is 1. The number of hydrogen-bond acceptors (Lipinski definition) is 5. The Balaban J connectivity index is 2.22. The smallest absolute Gasteiger partial charge is 0.408 e. The lowest BCUT2D eigenvalue weighted by atomic mass is 10.1. The van der Waals surface area contributed by atoms with E-state index in [0.29, 0.717) is 5.56 Å². The first-order valence-corrected chi connectivity index (χ1v) is 7.20. The average molecular weight is 308 g/mol. The molecule has 1 aromatic heterocycles. The number of nitrogens with one attached hydrogen (secondary N) is 1. The van der Waals surface area contributed by atoms with Crippen molar-refractivity contribution in [1.82, 2.24) is 10.3 Å². The van der Waals surface area contributed by atoms with Crippen LogP contribution in [-0.2, 0) is 9.53 Å². The van der Waals surface area contributed by atoms with Crippen LogP contribution in [0.25, 0.3) is 10.2 Å². The molecule has 2 aromatic rings. The number of amides is 1. The summed E-state index contributed by atoms with van der Waals surface area (Å²) >= 11 is 1.41. The van der Waals surface area contributed by atoms with Crippen molar-refractivity contribution >= 4 is 33.6 Å². The van der Waals surface area contributed by atoms with Gasteiger partial charge in [-0.2, -0.15) is 0 Å². The van der Waals surface area contributed by atoms with E-state index in [0.717, 1.165) is 10.2 Å². The molecule has 0 fully saturated rings. The Kier molecular flexibility index (Phi) is 4.13. The van der Waals surface area contributed by atoms with Crippen molar-refractivity contribution in [2.24, 2.45) is 0 Å². The Labute approximate surface area is 125 Å². The number of fused-ring (bicyclic) bond motifs is 1. The molecule has 6 nitrogen and oxygen atoms in total. The summed E-state index contributed by atoms with van der Waals surface area (Å²) in [6.45, 7) is 5.14. The third-order valence-electron chi connectivity index (χ3n) is 2.60. The predicted octanol–water partition coefficient (Wildman–Crippen LogP) is 2.95. The van der Waals surface area contributed by atoms with Gasteiger partial charge in [-0.3, -0.25) is 0 Å². The van der Waals surface area contributed by atoms with Crippen molar-refractivity contribution in [3.8, 4) is 0 Å². The number of carbonyl (C=O) groups excluding carboxylic acids is 1. The highest BCUT2D eigenvalue weighted by molar-refractivity contribution is 7.16.